The maximum absolute atomic E-state index is 5.79. The summed E-state index contributed by atoms with van der Waals surface area (Å²) in [5, 5.41) is 0. The number of hydrogen-bond donors (Lipinski definition) is 0. The molecule has 0 fully saturated rings. The van der Waals surface area contributed by atoms with Crippen LogP contribution in [0.1, 0.15) is 25.3 Å². The molecule has 0 saturated carbocycles. The van der Waals surface area contributed by atoms with Crippen LogP contribution in [0, 0.1) is 6.92 Å². The molecule has 0 aliphatic carbocycles. The van der Waals surface area contributed by atoms with Crippen LogP contribution in [-0.2, 0) is 11.8 Å². The lowest BCUT2D eigenvalue weighted by atomic mass is 10.2. The highest BCUT2D eigenvalue weighted by Crippen LogP contribution is 2.66. The molecule has 1 heterocycles. The van der Waals surface area contributed by atoms with E-state index in [-0.39, 0.29) is 0 Å². The third-order valence-corrected chi connectivity index (χ3v) is 7.23. The van der Waals surface area contributed by atoms with Gasteiger partial charge in [0.25, 0.3) is 0 Å². The first-order chi connectivity index (χ1) is 7.63. The molecule has 0 radical (unpaired) electrons. The topological polar surface area (TPSA) is 18.5 Å². The van der Waals surface area contributed by atoms with Gasteiger partial charge in [0, 0.05) is 5.75 Å². The molecule has 2 rings (SSSR count). The average molecular weight is 274 g/mol. The zero-order chi connectivity index (χ0) is 11.6. The van der Waals surface area contributed by atoms with E-state index in [2.05, 4.69) is 6.92 Å². The molecule has 88 valence electrons. The molecule has 16 heavy (non-hydrogen) atoms. The molecule has 5 heteroatoms. The van der Waals surface area contributed by atoms with Crippen LogP contribution in [0.15, 0.2) is 18.2 Å². The predicted molar refractivity (Wildman–Crippen MR) is 74.1 cm³/mol. The molecule has 0 aromatic heterocycles. The highest BCUT2D eigenvalue weighted by atomic mass is 32.9. The molecule has 0 saturated heterocycles. The van der Waals surface area contributed by atoms with Crippen LogP contribution in [-0.4, -0.2) is 5.75 Å². The minimum absolute atomic E-state index is 0.804. The van der Waals surface area contributed by atoms with E-state index in [9.17, 15) is 0 Å². The van der Waals surface area contributed by atoms with Crippen LogP contribution in [0.25, 0.3) is 0 Å². The Bertz CT molecular complexity index is 434. The van der Waals surface area contributed by atoms with Crippen LogP contribution >= 0.6 is 17.1 Å². The number of unbranched alkanes of at least 4 members (excludes halogenated alkanes) is 1. The Morgan fingerprint density at radius 3 is 2.81 bits per heavy atom. The molecular weight excluding hydrogens is 259 g/mol. The minimum atomic E-state index is -2.15. The molecular formula is C11H15O2PS2. The van der Waals surface area contributed by atoms with Crippen molar-refractivity contribution in [3.05, 3.63) is 23.8 Å². The zero-order valence-corrected chi connectivity index (χ0v) is 12.0. The second-order valence-electron chi connectivity index (χ2n) is 3.77. The van der Waals surface area contributed by atoms with Gasteiger partial charge < -0.3 is 9.05 Å². The van der Waals surface area contributed by atoms with Gasteiger partial charge in [-0.3, -0.25) is 0 Å². The summed E-state index contributed by atoms with van der Waals surface area (Å²) in [6.45, 7) is 4.21. The lowest BCUT2D eigenvalue weighted by Crippen LogP contribution is -1.88. The first-order valence-electron chi connectivity index (χ1n) is 5.37. The van der Waals surface area contributed by atoms with Crippen molar-refractivity contribution in [3.8, 4) is 11.5 Å². The van der Waals surface area contributed by atoms with Gasteiger partial charge in [0.05, 0.1) is 0 Å². The average Bonchev–Trinajstić information content (AvgIpc) is 2.54. The molecule has 1 aliphatic rings. The van der Waals surface area contributed by atoms with Crippen molar-refractivity contribution in [2.24, 2.45) is 0 Å². The van der Waals surface area contributed by atoms with Crippen LogP contribution in [0.5, 0.6) is 11.5 Å². The fraction of sp³-hybridized carbons (Fsp3) is 0.455. The van der Waals surface area contributed by atoms with E-state index in [1.807, 2.05) is 25.1 Å². The van der Waals surface area contributed by atoms with Gasteiger partial charge in [0.2, 0.25) is 0 Å². The summed E-state index contributed by atoms with van der Waals surface area (Å²) in [4.78, 5) is 0. The van der Waals surface area contributed by atoms with Gasteiger partial charge >= 0.3 is 5.69 Å². The lowest BCUT2D eigenvalue weighted by molar-refractivity contribution is 0.593. The first kappa shape index (κ1) is 12.3. The fourth-order valence-corrected chi connectivity index (χ4v) is 5.96. The largest absolute Gasteiger partial charge is 0.424 e. The van der Waals surface area contributed by atoms with E-state index >= 15 is 0 Å². The third-order valence-electron chi connectivity index (χ3n) is 2.27. The number of aryl methyl sites for hydroxylation is 1. The van der Waals surface area contributed by atoms with Crippen molar-refractivity contribution in [2.45, 2.75) is 26.7 Å². The Morgan fingerprint density at radius 1 is 1.31 bits per heavy atom. The molecule has 1 unspecified atom stereocenters. The van der Waals surface area contributed by atoms with Gasteiger partial charge in [-0.2, -0.15) is 0 Å². The van der Waals surface area contributed by atoms with Crippen LogP contribution < -0.4 is 9.05 Å². The Labute approximate surface area is 106 Å². The van der Waals surface area contributed by atoms with Gasteiger partial charge in [-0.25, -0.2) is 0 Å². The van der Waals surface area contributed by atoms with Crippen LogP contribution in [0.2, 0.25) is 0 Å². The van der Waals surface area contributed by atoms with Crippen molar-refractivity contribution in [3.63, 3.8) is 0 Å². The molecule has 0 bridgehead atoms. The fourth-order valence-electron chi connectivity index (χ4n) is 1.39. The standard InChI is InChI=1S/C11H15O2PS2/c1-3-4-7-16-14(15)12-10-6-5-9(2)8-11(10)13-14/h5-6,8H,3-4,7H2,1-2H3. The van der Waals surface area contributed by atoms with E-state index in [0.717, 1.165) is 23.7 Å². The second kappa shape index (κ2) is 4.99. The summed E-state index contributed by atoms with van der Waals surface area (Å²) in [7, 11) is 0. The van der Waals surface area contributed by atoms with Gasteiger partial charge in [-0.15, -0.1) is 0 Å². The smallest absolute Gasteiger partial charge is 0.348 e. The second-order valence-corrected chi connectivity index (χ2v) is 10.0. The molecule has 1 aromatic rings. The molecule has 0 spiro atoms. The SMILES string of the molecule is CCCCSP1(=S)Oc2ccc(C)cc2O1. The monoisotopic (exact) mass is 274 g/mol. The Balaban J connectivity index is 2.06. The van der Waals surface area contributed by atoms with E-state index in [1.165, 1.54) is 12.0 Å². The quantitative estimate of drug-likeness (QED) is 0.593. The van der Waals surface area contributed by atoms with Crippen molar-refractivity contribution >= 4 is 28.9 Å². The molecule has 1 aromatic carbocycles. The lowest BCUT2D eigenvalue weighted by Gasteiger charge is -2.12. The van der Waals surface area contributed by atoms with Crippen molar-refractivity contribution in [1.29, 1.82) is 0 Å². The van der Waals surface area contributed by atoms with Gasteiger partial charge in [-0.1, -0.05) is 19.4 Å². The normalized spacial score (nSPS) is 22.4. The predicted octanol–water partition coefficient (Wildman–Crippen LogP) is 4.52. The van der Waals surface area contributed by atoms with Crippen molar-refractivity contribution in [1.82, 2.24) is 0 Å². The van der Waals surface area contributed by atoms with E-state index in [0.29, 0.717) is 0 Å². The Morgan fingerprint density at radius 2 is 2.06 bits per heavy atom. The summed E-state index contributed by atoms with van der Waals surface area (Å²) >= 11 is 7.11. The number of fused-ring (bicyclic) bond motifs is 1. The molecule has 2 nitrogen and oxygen atoms in total. The molecule has 0 N–H and O–H groups in total. The first-order valence-corrected chi connectivity index (χ1v) is 9.60. The summed E-state index contributed by atoms with van der Waals surface area (Å²) in [5.41, 5.74) is -0.981. The Hall–Kier alpha value is -0.180. The van der Waals surface area contributed by atoms with Crippen LogP contribution in [0.3, 0.4) is 0 Å². The number of rotatable bonds is 4. The Kier molecular flexibility index (Phi) is 3.83. The summed E-state index contributed by atoms with van der Waals surface area (Å²) in [6.07, 6.45) is 2.33. The highest BCUT2D eigenvalue weighted by Gasteiger charge is 2.32. The summed E-state index contributed by atoms with van der Waals surface area (Å²) in [5.74, 6) is 2.63. The van der Waals surface area contributed by atoms with E-state index in [1.54, 1.807) is 11.4 Å². The van der Waals surface area contributed by atoms with Gasteiger partial charge in [0.15, 0.2) is 11.5 Å². The maximum atomic E-state index is 5.79. The minimum Gasteiger partial charge on any atom is -0.424 e. The summed E-state index contributed by atoms with van der Waals surface area (Å²) in [6, 6.07) is 5.95. The highest BCUT2D eigenvalue weighted by molar-refractivity contribution is 8.68. The zero-order valence-electron chi connectivity index (χ0n) is 9.43. The van der Waals surface area contributed by atoms with Crippen molar-refractivity contribution < 1.29 is 9.05 Å². The molecule has 1 aliphatic heterocycles. The van der Waals surface area contributed by atoms with Gasteiger partial charge in [0.1, 0.15) is 0 Å². The molecule has 0 amide bonds. The van der Waals surface area contributed by atoms with E-state index < -0.39 is 5.69 Å². The van der Waals surface area contributed by atoms with E-state index in [4.69, 9.17) is 20.9 Å². The van der Waals surface area contributed by atoms with Crippen molar-refractivity contribution in [2.75, 3.05) is 5.75 Å². The number of benzene rings is 1. The van der Waals surface area contributed by atoms with Crippen LogP contribution in [0.4, 0.5) is 0 Å². The van der Waals surface area contributed by atoms with Gasteiger partial charge in [-0.05, 0) is 54.2 Å². The maximum Gasteiger partial charge on any atom is 0.348 e. The molecule has 1 atom stereocenters. The number of hydrogen-bond acceptors (Lipinski definition) is 4. The summed E-state index contributed by atoms with van der Waals surface area (Å²) < 4.78 is 11.6. The third kappa shape index (κ3) is 2.73.